The van der Waals surface area contributed by atoms with Gasteiger partial charge in [-0.1, -0.05) is 26.2 Å². The van der Waals surface area contributed by atoms with Gasteiger partial charge in [0.1, 0.15) is 0 Å². The van der Waals surface area contributed by atoms with Gasteiger partial charge in [0.2, 0.25) is 0 Å². The first-order valence-corrected chi connectivity index (χ1v) is 5.93. The van der Waals surface area contributed by atoms with Crippen molar-refractivity contribution in [1.29, 1.82) is 5.26 Å². The van der Waals surface area contributed by atoms with E-state index in [1.165, 1.54) is 46.8 Å². The lowest BCUT2D eigenvalue weighted by molar-refractivity contribution is 0.498. The van der Waals surface area contributed by atoms with Gasteiger partial charge in [0.25, 0.3) is 0 Å². The third kappa shape index (κ3) is 19.0. The van der Waals surface area contributed by atoms with Crippen LogP contribution in [0.25, 0.3) is 0 Å². The Hall–Kier alpha value is -0.630. The van der Waals surface area contributed by atoms with Gasteiger partial charge in [-0.05, 0) is 39.4 Å². The number of nitrogens with zero attached hydrogens (tertiary/aromatic N) is 1. The van der Waals surface area contributed by atoms with E-state index in [1.54, 1.807) is 0 Å². The number of rotatable bonds is 4. The van der Waals surface area contributed by atoms with Crippen molar-refractivity contribution in [3.63, 3.8) is 0 Å². The normalized spacial score (nSPS) is 13.6. The van der Waals surface area contributed by atoms with Crippen LogP contribution in [0, 0.1) is 23.2 Å². The molecule has 0 heterocycles. The zero-order valence-corrected chi connectivity index (χ0v) is 11.4. The molecule has 0 aliphatic heterocycles. The minimum absolute atomic E-state index is 0.630. The van der Waals surface area contributed by atoms with Gasteiger partial charge in [-0.3, -0.25) is 0 Å². The second-order valence-corrected chi connectivity index (χ2v) is 3.49. The van der Waals surface area contributed by atoms with Gasteiger partial charge in [-0.2, -0.15) is 5.26 Å². The molecule has 1 unspecified atom stereocenters. The third-order valence-corrected chi connectivity index (χ3v) is 2.20. The van der Waals surface area contributed by atoms with Crippen molar-refractivity contribution >= 4 is 0 Å². The molecule has 1 fully saturated rings. The first-order chi connectivity index (χ1) is 7.83. The molecule has 0 aromatic carbocycles. The number of nitriles is 1. The lowest BCUT2D eigenvalue weighted by Crippen LogP contribution is -1.92. The van der Waals surface area contributed by atoms with Crippen LogP contribution in [0.4, 0.5) is 0 Å². The van der Waals surface area contributed by atoms with Crippen LogP contribution in [0.3, 0.4) is 0 Å². The molecule has 0 saturated heterocycles. The van der Waals surface area contributed by atoms with E-state index in [9.17, 15) is 0 Å². The fourth-order valence-corrected chi connectivity index (χ4v) is 1.18. The Kier molecular flexibility index (Phi) is 25.8. The van der Waals surface area contributed by atoms with Crippen LogP contribution in [0.5, 0.6) is 0 Å². The highest BCUT2D eigenvalue weighted by atomic mass is 14.4. The third-order valence-electron chi connectivity index (χ3n) is 2.20. The molecule has 1 rings (SSSR count). The van der Waals surface area contributed by atoms with E-state index in [2.05, 4.69) is 30.2 Å². The Labute approximate surface area is 101 Å². The fourth-order valence-electron chi connectivity index (χ4n) is 1.18. The SMILES string of the molecule is CC(CC#N)CCC1CC1.CN.CN.CN. The molecule has 0 amide bonds. The molecule has 98 valence electrons. The molecular weight excluding hydrogens is 200 g/mol. The summed E-state index contributed by atoms with van der Waals surface area (Å²) < 4.78 is 0. The molecule has 1 aliphatic carbocycles. The van der Waals surface area contributed by atoms with E-state index in [0.717, 1.165) is 12.3 Å². The van der Waals surface area contributed by atoms with Crippen LogP contribution in [0.1, 0.15) is 39.0 Å². The van der Waals surface area contributed by atoms with Gasteiger partial charge < -0.3 is 17.2 Å². The summed E-state index contributed by atoms with van der Waals surface area (Å²) >= 11 is 0. The van der Waals surface area contributed by atoms with E-state index in [4.69, 9.17) is 5.26 Å². The summed E-state index contributed by atoms with van der Waals surface area (Å²) in [6, 6.07) is 2.21. The molecule has 0 radical (unpaired) electrons. The molecule has 6 N–H and O–H groups in total. The van der Waals surface area contributed by atoms with E-state index in [0.29, 0.717) is 5.92 Å². The van der Waals surface area contributed by atoms with Gasteiger partial charge in [-0.15, -0.1) is 0 Å². The van der Waals surface area contributed by atoms with Gasteiger partial charge >= 0.3 is 0 Å². The average molecular weight is 230 g/mol. The van der Waals surface area contributed by atoms with Crippen LogP contribution in [0.15, 0.2) is 0 Å². The minimum atomic E-state index is 0.630. The first kappa shape index (κ1) is 20.7. The van der Waals surface area contributed by atoms with Gasteiger partial charge in [-0.25, -0.2) is 0 Å². The summed E-state index contributed by atoms with van der Waals surface area (Å²) in [5.41, 5.74) is 13.5. The molecular formula is C12H30N4. The maximum Gasteiger partial charge on any atom is 0.0624 e. The molecule has 1 saturated carbocycles. The highest BCUT2D eigenvalue weighted by Gasteiger charge is 2.21. The summed E-state index contributed by atoms with van der Waals surface area (Å²) in [6.07, 6.45) is 6.26. The predicted molar refractivity (Wildman–Crippen MR) is 71.7 cm³/mol. The van der Waals surface area contributed by atoms with Crippen molar-refractivity contribution in [2.45, 2.75) is 39.0 Å². The summed E-state index contributed by atoms with van der Waals surface area (Å²) in [4.78, 5) is 0. The van der Waals surface area contributed by atoms with E-state index < -0.39 is 0 Å². The van der Waals surface area contributed by atoms with Gasteiger partial charge in [0, 0.05) is 6.42 Å². The number of hydrogen-bond donors (Lipinski definition) is 3. The largest absolute Gasteiger partial charge is 0.333 e. The second-order valence-electron chi connectivity index (χ2n) is 3.49. The summed E-state index contributed by atoms with van der Waals surface area (Å²) in [7, 11) is 4.50. The Bertz CT molecular complexity index is 138. The maximum absolute atomic E-state index is 8.37. The molecule has 1 atom stereocenters. The van der Waals surface area contributed by atoms with E-state index in [1.807, 2.05) is 0 Å². The van der Waals surface area contributed by atoms with Gasteiger partial charge in [0.15, 0.2) is 0 Å². The minimum Gasteiger partial charge on any atom is -0.333 e. The van der Waals surface area contributed by atoms with E-state index >= 15 is 0 Å². The molecule has 0 spiro atoms. The maximum atomic E-state index is 8.37. The van der Waals surface area contributed by atoms with E-state index in [-0.39, 0.29) is 0 Å². The molecule has 1 aliphatic rings. The highest BCUT2D eigenvalue weighted by molar-refractivity contribution is 4.77. The molecule has 4 heteroatoms. The number of nitrogens with two attached hydrogens (primary N) is 3. The Morgan fingerprint density at radius 2 is 1.56 bits per heavy atom. The lowest BCUT2D eigenvalue weighted by atomic mass is 10.0. The Morgan fingerprint density at radius 3 is 1.88 bits per heavy atom. The Morgan fingerprint density at radius 1 is 1.12 bits per heavy atom. The smallest absolute Gasteiger partial charge is 0.0624 e. The fraction of sp³-hybridized carbons (Fsp3) is 0.917. The van der Waals surface area contributed by atoms with Crippen LogP contribution in [-0.4, -0.2) is 21.1 Å². The second kappa shape index (κ2) is 19.9. The number of hydrogen-bond acceptors (Lipinski definition) is 4. The van der Waals surface area contributed by atoms with Crippen LogP contribution in [0.2, 0.25) is 0 Å². The quantitative estimate of drug-likeness (QED) is 0.680. The summed E-state index contributed by atoms with van der Waals surface area (Å²) in [5, 5.41) is 8.37. The molecule has 4 nitrogen and oxygen atoms in total. The standard InChI is InChI=1S/C9H15N.3CH5N/c1-8(6-7-10)2-3-9-4-5-9;3*1-2/h8-9H,2-6H2,1H3;3*2H2,1H3. The molecule has 0 aromatic rings. The Balaban J connectivity index is -0.000000245. The summed E-state index contributed by atoms with van der Waals surface area (Å²) in [6.45, 7) is 2.17. The molecule has 0 bridgehead atoms. The predicted octanol–water partition coefficient (Wildman–Crippen LogP) is 1.45. The molecule has 16 heavy (non-hydrogen) atoms. The van der Waals surface area contributed by atoms with Crippen molar-refractivity contribution in [1.82, 2.24) is 0 Å². The van der Waals surface area contributed by atoms with Crippen molar-refractivity contribution in [3.8, 4) is 6.07 Å². The highest BCUT2D eigenvalue weighted by Crippen LogP contribution is 2.34. The van der Waals surface area contributed by atoms with Gasteiger partial charge in [0.05, 0.1) is 6.07 Å². The zero-order valence-electron chi connectivity index (χ0n) is 11.4. The lowest BCUT2D eigenvalue weighted by Gasteiger charge is -2.03. The molecule has 0 aromatic heterocycles. The van der Waals surface area contributed by atoms with Crippen molar-refractivity contribution < 1.29 is 0 Å². The van der Waals surface area contributed by atoms with Crippen LogP contribution < -0.4 is 17.2 Å². The van der Waals surface area contributed by atoms with Crippen LogP contribution in [-0.2, 0) is 0 Å². The van der Waals surface area contributed by atoms with Crippen molar-refractivity contribution in [3.05, 3.63) is 0 Å². The summed E-state index contributed by atoms with van der Waals surface area (Å²) in [5.74, 6) is 1.66. The first-order valence-electron chi connectivity index (χ1n) is 5.93. The average Bonchev–Trinajstić information content (AvgIpc) is 3.19. The van der Waals surface area contributed by atoms with Crippen molar-refractivity contribution in [2.24, 2.45) is 29.0 Å². The van der Waals surface area contributed by atoms with Crippen molar-refractivity contribution in [2.75, 3.05) is 21.1 Å². The monoisotopic (exact) mass is 230 g/mol. The zero-order chi connectivity index (χ0) is 13.4. The topological polar surface area (TPSA) is 102 Å². The van der Waals surface area contributed by atoms with Crippen LogP contribution >= 0.6 is 0 Å².